The molecule has 2 aromatic rings. The summed E-state index contributed by atoms with van der Waals surface area (Å²) in [6.07, 6.45) is 0. The average molecular weight is 205 g/mol. The molecule has 1 aromatic carbocycles. The lowest BCUT2D eigenvalue weighted by Crippen LogP contribution is -2.02. The van der Waals surface area contributed by atoms with E-state index < -0.39 is 0 Å². The molecule has 0 radical (unpaired) electrons. The smallest absolute Gasteiger partial charge is 0.176 e. The highest BCUT2D eigenvalue weighted by molar-refractivity contribution is 5.83. The third-order valence-corrected chi connectivity index (χ3v) is 2.28. The van der Waals surface area contributed by atoms with Gasteiger partial charge in [-0.1, -0.05) is 12.1 Å². The van der Waals surface area contributed by atoms with E-state index in [0.29, 0.717) is 6.61 Å². The molecule has 2 rings (SSSR count). The SMILES string of the molecule is CCOc1cccc2cc([C@@H](C)N)oc12. The van der Waals surface area contributed by atoms with Crippen LogP contribution in [-0.4, -0.2) is 6.61 Å². The Morgan fingerprint density at radius 2 is 2.27 bits per heavy atom. The Kier molecular flexibility index (Phi) is 2.64. The van der Waals surface area contributed by atoms with Gasteiger partial charge in [0, 0.05) is 5.39 Å². The molecule has 0 aliphatic carbocycles. The zero-order valence-corrected chi connectivity index (χ0v) is 8.99. The van der Waals surface area contributed by atoms with E-state index in [1.165, 1.54) is 0 Å². The van der Waals surface area contributed by atoms with Gasteiger partial charge in [0.25, 0.3) is 0 Å². The lowest BCUT2D eigenvalue weighted by Gasteiger charge is -2.02. The van der Waals surface area contributed by atoms with Crippen molar-refractivity contribution in [3.63, 3.8) is 0 Å². The topological polar surface area (TPSA) is 48.4 Å². The maximum atomic E-state index is 5.77. The van der Waals surface area contributed by atoms with E-state index in [9.17, 15) is 0 Å². The molecule has 0 spiro atoms. The van der Waals surface area contributed by atoms with Crippen molar-refractivity contribution >= 4 is 11.0 Å². The molecule has 1 atom stereocenters. The molecular formula is C12H15NO2. The van der Waals surface area contributed by atoms with Gasteiger partial charge in [0.1, 0.15) is 5.76 Å². The molecule has 3 heteroatoms. The number of benzene rings is 1. The van der Waals surface area contributed by atoms with Gasteiger partial charge in [0.2, 0.25) is 0 Å². The summed E-state index contributed by atoms with van der Waals surface area (Å²) in [5.41, 5.74) is 6.55. The van der Waals surface area contributed by atoms with Crippen molar-refractivity contribution in [2.24, 2.45) is 5.73 Å². The second kappa shape index (κ2) is 3.95. The molecule has 0 bridgehead atoms. The van der Waals surface area contributed by atoms with Gasteiger partial charge in [-0.2, -0.15) is 0 Å². The average Bonchev–Trinajstić information content (AvgIpc) is 2.63. The van der Waals surface area contributed by atoms with Crippen LogP contribution in [0.5, 0.6) is 5.75 Å². The van der Waals surface area contributed by atoms with E-state index in [0.717, 1.165) is 22.5 Å². The number of nitrogens with two attached hydrogens (primary N) is 1. The molecule has 15 heavy (non-hydrogen) atoms. The molecule has 3 nitrogen and oxygen atoms in total. The first-order valence-electron chi connectivity index (χ1n) is 5.13. The summed E-state index contributed by atoms with van der Waals surface area (Å²) >= 11 is 0. The monoisotopic (exact) mass is 205 g/mol. The zero-order valence-electron chi connectivity index (χ0n) is 8.99. The van der Waals surface area contributed by atoms with Crippen LogP contribution in [0.1, 0.15) is 25.6 Å². The van der Waals surface area contributed by atoms with Crippen LogP contribution in [0.3, 0.4) is 0 Å². The van der Waals surface area contributed by atoms with Crippen molar-refractivity contribution < 1.29 is 9.15 Å². The summed E-state index contributed by atoms with van der Waals surface area (Å²) in [7, 11) is 0. The van der Waals surface area contributed by atoms with Crippen molar-refractivity contribution in [2.45, 2.75) is 19.9 Å². The molecule has 2 N–H and O–H groups in total. The van der Waals surface area contributed by atoms with Gasteiger partial charge in [-0.3, -0.25) is 0 Å². The number of hydrogen-bond donors (Lipinski definition) is 1. The van der Waals surface area contributed by atoms with Gasteiger partial charge in [-0.05, 0) is 26.0 Å². The van der Waals surface area contributed by atoms with Crippen LogP contribution in [0.25, 0.3) is 11.0 Å². The summed E-state index contributed by atoms with van der Waals surface area (Å²) in [5, 5.41) is 1.04. The fourth-order valence-electron chi connectivity index (χ4n) is 1.55. The van der Waals surface area contributed by atoms with Crippen molar-refractivity contribution in [1.82, 2.24) is 0 Å². The predicted molar refractivity (Wildman–Crippen MR) is 60.0 cm³/mol. The molecule has 0 amide bonds. The second-order valence-electron chi connectivity index (χ2n) is 3.54. The van der Waals surface area contributed by atoms with Crippen LogP contribution < -0.4 is 10.5 Å². The number of rotatable bonds is 3. The predicted octanol–water partition coefficient (Wildman–Crippen LogP) is 2.85. The molecule has 0 saturated carbocycles. The zero-order chi connectivity index (χ0) is 10.8. The minimum Gasteiger partial charge on any atom is -0.490 e. The van der Waals surface area contributed by atoms with Gasteiger partial charge < -0.3 is 14.9 Å². The Balaban J connectivity index is 2.54. The number of fused-ring (bicyclic) bond motifs is 1. The Labute approximate surface area is 88.8 Å². The molecule has 0 aliphatic heterocycles. The second-order valence-corrected chi connectivity index (χ2v) is 3.54. The third-order valence-electron chi connectivity index (χ3n) is 2.28. The third kappa shape index (κ3) is 1.83. The number of hydrogen-bond acceptors (Lipinski definition) is 3. The molecule has 0 fully saturated rings. The van der Waals surface area contributed by atoms with Gasteiger partial charge in [0.15, 0.2) is 11.3 Å². The maximum absolute atomic E-state index is 5.77. The lowest BCUT2D eigenvalue weighted by atomic mass is 10.2. The molecule has 80 valence electrons. The maximum Gasteiger partial charge on any atom is 0.176 e. The highest BCUT2D eigenvalue weighted by Gasteiger charge is 2.10. The molecular weight excluding hydrogens is 190 g/mol. The van der Waals surface area contributed by atoms with Gasteiger partial charge in [-0.25, -0.2) is 0 Å². The fourth-order valence-corrected chi connectivity index (χ4v) is 1.55. The molecule has 1 heterocycles. The van der Waals surface area contributed by atoms with Crippen LogP contribution >= 0.6 is 0 Å². The van der Waals surface area contributed by atoms with Crippen LogP contribution in [0.2, 0.25) is 0 Å². The van der Waals surface area contributed by atoms with Crippen LogP contribution in [0, 0.1) is 0 Å². The minimum absolute atomic E-state index is 0.0909. The molecule has 0 unspecified atom stereocenters. The molecule has 0 saturated heterocycles. The standard InChI is InChI=1S/C12H15NO2/c1-3-14-10-6-4-5-9-7-11(8(2)13)15-12(9)10/h4-8H,3,13H2,1-2H3/t8-/m1/s1. The van der Waals surface area contributed by atoms with E-state index >= 15 is 0 Å². The highest BCUT2D eigenvalue weighted by Crippen LogP contribution is 2.30. The normalized spacial score (nSPS) is 13.0. The van der Waals surface area contributed by atoms with E-state index in [1.54, 1.807) is 0 Å². The van der Waals surface area contributed by atoms with E-state index in [-0.39, 0.29) is 6.04 Å². The van der Waals surface area contributed by atoms with Gasteiger partial charge in [0.05, 0.1) is 12.6 Å². The summed E-state index contributed by atoms with van der Waals surface area (Å²) in [5.74, 6) is 1.57. The Morgan fingerprint density at radius 1 is 1.47 bits per heavy atom. The summed E-state index contributed by atoms with van der Waals surface area (Å²) in [6.45, 7) is 4.49. The largest absolute Gasteiger partial charge is 0.490 e. The molecule has 0 aliphatic rings. The minimum atomic E-state index is -0.0909. The van der Waals surface area contributed by atoms with Crippen LogP contribution in [0.4, 0.5) is 0 Å². The number of para-hydroxylation sites is 1. The van der Waals surface area contributed by atoms with Crippen molar-refractivity contribution in [3.8, 4) is 5.75 Å². The lowest BCUT2D eigenvalue weighted by molar-refractivity contribution is 0.337. The van der Waals surface area contributed by atoms with E-state index in [1.807, 2.05) is 38.1 Å². The Hall–Kier alpha value is -1.48. The van der Waals surface area contributed by atoms with Crippen molar-refractivity contribution in [1.29, 1.82) is 0 Å². The van der Waals surface area contributed by atoms with Crippen LogP contribution in [0.15, 0.2) is 28.7 Å². The van der Waals surface area contributed by atoms with Crippen molar-refractivity contribution in [3.05, 3.63) is 30.0 Å². The number of ether oxygens (including phenoxy) is 1. The first-order valence-corrected chi connectivity index (χ1v) is 5.13. The van der Waals surface area contributed by atoms with Gasteiger partial charge >= 0.3 is 0 Å². The summed E-state index contributed by atoms with van der Waals surface area (Å²) < 4.78 is 11.1. The number of furan rings is 1. The molecule has 1 aromatic heterocycles. The highest BCUT2D eigenvalue weighted by atomic mass is 16.5. The summed E-state index contributed by atoms with van der Waals surface area (Å²) in [6, 6.07) is 7.72. The Morgan fingerprint density at radius 3 is 2.93 bits per heavy atom. The van der Waals surface area contributed by atoms with E-state index in [4.69, 9.17) is 14.9 Å². The first-order chi connectivity index (χ1) is 7.22. The van der Waals surface area contributed by atoms with Gasteiger partial charge in [-0.15, -0.1) is 0 Å². The first kappa shape index (κ1) is 10.1. The van der Waals surface area contributed by atoms with E-state index in [2.05, 4.69) is 0 Å². The fraction of sp³-hybridized carbons (Fsp3) is 0.333. The quantitative estimate of drug-likeness (QED) is 0.838. The van der Waals surface area contributed by atoms with Crippen LogP contribution in [-0.2, 0) is 0 Å². The Bertz CT molecular complexity index is 460. The summed E-state index contributed by atoms with van der Waals surface area (Å²) in [4.78, 5) is 0. The van der Waals surface area contributed by atoms with Crippen molar-refractivity contribution in [2.75, 3.05) is 6.61 Å².